The lowest BCUT2D eigenvalue weighted by Crippen LogP contribution is -2.43. The van der Waals surface area contributed by atoms with Gasteiger partial charge < -0.3 is 19.9 Å². The average molecular weight is 324 g/mol. The van der Waals surface area contributed by atoms with Crippen LogP contribution in [0, 0.1) is 11.3 Å². The van der Waals surface area contributed by atoms with E-state index in [2.05, 4.69) is 5.32 Å². The minimum Gasteiger partial charge on any atom is -0.444 e. The summed E-state index contributed by atoms with van der Waals surface area (Å²) in [5, 5.41) is 11.0. The van der Waals surface area contributed by atoms with Crippen LogP contribution < -0.4 is 5.32 Å². The summed E-state index contributed by atoms with van der Waals surface area (Å²) in [7, 11) is 0. The fraction of sp³-hybridized carbons (Fsp3) is 0.733. The summed E-state index contributed by atoms with van der Waals surface area (Å²) < 4.78 is 5.07. The van der Waals surface area contributed by atoms with Crippen LogP contribution in [0.5, 0.6) is 0 Å². The van der Waals surface area contributed by atoms with Crippen molar-refractivity contribution < 1.29 is 19.1 Å². The Labute approximate surface area is 136 Å². The first kappa shape index (κ1) is 18.7. The highest BCUT2D eigenvalue weighted by Gasteiger charge is 2.23. The van der Waals surface area contributed by atoms with Crippen LogP contribution in [0.4, 0.5) is 4.79 Å². The maximum Gasteiger partial charge on any atom is 0.408 e. The molecule has 0 aromatic heterocycles. The van der Waals surface area contributed by atoms with E-state index in [0.29, 0.717) is 32.6 Å². The predicted octanol–water partition coefficient (Wildman–Crippen LogP) is 0.486. The molecule has 0 aromatic rings. The molecule has 0 aromatic carbocycles. The van der Waals surface area contributed by atoms with E-state index in [-0.39, 0.29) is 24.8 Å². The molecule has 0 spiro atoms. The van der Waals surface area contributed by atoms with Gasteiger partial charge >= 0.3 is 6.09 Å². The van der Waals surface area contributed by atoms with Crippen LogP contribution in [0.15, 0.2) is 0 Å². The number of amides is 3. The molecule has 0 aliphatic carbocycles. The second kappa shape index (κ2) is 8.36. The molecule has 3 amide bonds. The molecule has 23 heavy (non-hydrogen) atoms. The Morgan fingerprint density at radius 3 is 2.17 bits per heavy atom. The lowest BCUT2D eigenvalue weighted by atomic mass is 10.2. The third-order valence-corrected chi connectivity index (χ3v) is 3.21. The normalized spacial score (nSPS) is 15.4. The van der Waals surface area contributed by atoms with Gasteiger partial charge in [0.15, 0.2) is 0 Å². The molecule has 1 aliphatic heterocycles. The first-order valence-electron chi connectivity index (χ1n) is 7.62. The van der Waals surface area contributed by atoms with Crippen molar-refractivity contribution in [2.24, 2.45) is 0 Å². The van der Waals surface area contributed by atoms with Crippen LogP contribution in [0.1, 0.15) is 33.6 Å². The average Bonchev–Trinajstić information content (AvgIpc) is 2.69. The lowest BCUT2D eigenvalue weighted by Gasteiger charge is -2.23. The third kappa shape index (κ3) is 7.00. The van der Waals surface area contributed by atoms with Gasteiger partial charge in [-0.1, -0.05) is 0 Å². The Balaban J connectivity index is 2.42. The van der Waals surface area contributed by atoms with Crippen molar-refractivity contribution in [2.45, 2.75) is 39.2 Å². The van der Waals surface area contributed by atoms with Gasteiger partial charge in [0.1, 0.15) is 18.6 Å². The topological polar surface area (TPSA) is 103 Å². The number of carbonyl (C=O) groups is 3. The number of nitrogens with one attached hydrogen (secondary N) is 1. The van der Waals surface area contributed by atoms with Crippen molar-refractivity contribution in [1.82, 2.24) is 15.1 Å². The molecule has 1 aliphatic rings. The minimum absolute atomic E-state index is 0.138. The maximum absolute atomic E-state index is 12.1. The van der Waals surface area contributed by atoms with Crippen LogP contribution in [0.2, 0.25) is 0 Å². The van der Waals surface area contributed by atoms with Crippen molar-refractivity contribution in [3.05, 3.63) is 0 Å². The van der Waals surface area contributed by atoms with E-state index in [1.807, 2.05) is 6.07 Å². The van der Waals surface area contributed by atoms with E-state index in [1.54, 1.807) is 30.6 Å². The van der Waals surface area contributed by atoms with Crippen LogP contribution in [-0.2, 0) is 14.3 Å². The molecule has 0 atom stereocenters. The molecule has 8 nitrogen and oxygen atoms in total. The highest BCUT2D eigenvalue weighted by atomic mass is 16.6. The Bertz CT molecular complexity index is 493. The lowest BCUT2D eigenvalue weighted by molar-refractivity contribution is -0.132. The highest BCUT2D eigenvalue weighted by Crippen LogP contribution is 2.07. The zero-order chi connectivity index (χ0) is 17.5. The molecular weight excluding hydrogens is 300 g/mol. The van der Waals surface area contributed by atoms with Gasteiger partial charge in [-0.2, -0.15) is 5.26 Å². The van der Waals surface area contributed by atoms with Crippen LogP contribution in [0.3, 0.4) is 0 Å². The zero-order valence-electron chi connectivity index (χ0n) is 13.9. The van der Waals surface area contributed by atoms with E-state index in [1.165, 1.54) is 0 Å². The Kier molecular flexibility index (Phi) is 6.82. The molecule has 1 fully saturated rings. The summed E-state index contributed by atoms with van der Waals surface area (Å²) in [6, 6.07) is 1.84. The maximum atomic E-state index is 12.1. The van der Waals surface area contributed by atoms with Gasteiger partial charge in [0, 0.05) is 26.2 Å². The van der Waals surface area contributed by atoms with E-state index in [9.17, 15) is 14.4 Å². The van der Waals surface area contributed by atoms with E-state index in [4.69, 9.17) is 10.00 Å². The SMILES string of the molecule is CC(C)(C)OC(=O)NCC(=O)N1CCCN(C(=O)CC#N)CC1. The molecule has 1 N–H and O–H groups in total. The summed E-state index contributed by atoms with van der Waals surface area (Å²) in [6.45, 7) is 6.95. The molecule has 1 saturated heterocycles. The summed E-state index contributed by atoms with van der Waals surface area (Å²) in [5.74, 6) is -0.431. The summed E-state index contributed by atoms with van der Waals surface area (Å²) in [4.78, 5) is 38.6. The molecule has 8 heteroatoms. The van der Waals surface area contributed by atoms with E-state index >= 15 is 0 Å². The number of nitriles is 1. The van der Waals surface area contributed by atoms with Gasteiger partial charge in [-0.15, -0.1) is 0 Å². The third-order valence-electron chi connectivity index (χ3n) is 3.21. The summed E-state index contributed by atoms with van der Waals surface area (Å²) in [6.07, 6.45) is -0.129. The second-order valence-electron chi connectivity index (χ2n) is 6.31. The summed E-state index contributed by atoms with van der Waals surface area (Å²) in [5.41, 5.74) is -0.614. The Hall–Kier alpha value is -2.30. The van der Waals surface area contributed by atoms with Crippen molar-refractivity contribution in [3.63, 3.8) is 0 Å². The predicted molar refractivity (Wildman–Crippen MR) is 82.2 cm³/mol. The summed E-state index contributed by atoms with van der Waals surface area (Å²) >= 11 is 0. The molecular formula is C15H24N4O4. The van der Waals surface area contributed by atoms with Gasteiger partial charge in [-0.3, -0.25) is 9.59 Å². The van der Waals surface area contributed by atoms with Crippen LogP contribution in [-0.4, -0.2) is 66.0 Å². The number of hydrogen-bond acceptors (Lipinski definition) is 5. The van der Waals surface area contributed by atoms with Crippen molar-refractivity contribution in [2.75, 3.05) is 32.7 Å². The Morgan fingerprint density at radius 2 is 1.65 bits per heavy atom. The molecule has 0 radical (unpaired) electrons. The van der Waals surface area contributed by atoms with Gasteiger partial charge in [0.05, 0.1) is 6.07 Å². The highest BCUT2D eigenvalue weighted by molar-refractivity contribution is 5.82. The number of rotatable bonds is 3. The first-order chi connectivity index (χ1) is 10.7. The first-order valence-corrected chi connectivity index (χ1v) is 7.62. The van der Waals surface area contributed by atoms with Crippen molar-refractivity contribution in [1.29, 1.82) is 5.26 Å². The molecule has 128 valence electrons. The zero-order valence-corrected chi connectivity index (χ0v) is 13.9. The van der Waals surface area contributed by atoms with Gasteiger partial charge in [0.25, 0.3) is 0 Å². The molecule has 0 bridgehead atoms. The standard InChI is InChI=1S/C15H24N4O4/c1-15(2,3)23-14(22)17-11-13(21)19-8-4-7-18(9-10-19)12(20)5-6-16/h4-5,7-11H2,1-3H3,(H,17,22). The van der Waals surface area contributed by atoms with Crippen molar-refractivity contribution in [3.8, 4) is 6.07 Å². The molecule has 0 unspecified atom stereocenters. The number of hydrogen-bond donors (Lipinski definition) is 1. The van der Waals surface area contributed by atoms with Gasteiger partial charge in [-0.05, 0) is 27.2 Å². The van der Waals surface area contributed by atoms with E-state index < -0.39 is 11.7 Å². The monoisotopic (exact) mass is 324 g/mol. The molecule has 1 rings (SSSR count). The number of alkyl carbamates (subject to hydrolysis) is 1. The van der Waals surface area contributed by atoms with E-state index in [0.717, 1.165) is 0 Å². The quantitative estimate of drug-likeness (QED) is 0.813. The number of nitrogens with zero attached hydrogens (tertiary/aromatic N) is 3. The fourth-order valence-corrected chi connectivity index (χ4v) is 2.17. The van der Waals surface area contributed by atoms with Gasteiger partial charge in [-0.25, -0.2) is 4.79 Å². The van der Waals surface area contributed by atoms with Crippen LogP contribution >= 0.6 is 0 Å². The molecule has 0 saturated carbocycles. The number of ether oxygens (including phenoxy) is 1. The van der Waals surface area contributed by atoms with Crippen LogP contribution in [0.25, 0.3) is 0 Å². The number of carbonyl (C=O) groups excluding carboxylic acids is 3. The second-order valence-corrected chi connectivity index (χ2v) is 6.31. The smallest absolute Gasteiger partial charge is 0.408 e. The van der Waals surface area contributed by atoms with Gasteiger partial charge in [0.2, 0.25) is 11.8 Å². The minimum atomic E-state index is -0.633. The Morgan fingerprint density at radius 1 is 1.09 bits per heavy atom. The fourth-order valence-electron chi connectivity index (χ4n) is 2.17. The molecule has 1 heterocycles. The van der Waals surface area contributed by atoms with Crippen molar-refractivity contribution >= 4 is 17.9 Å². The largest absolute Gasteiger partial charge is 0.444 e.